The number of rotatable bonds is 4. The fourth-order valence-electron chi connectivity index (χ4n) is 4.26. The van der Waals surface area contributed by atoms with Gasteiger partial charge in [0.25, 0.3) is 11.5 Å². The molecule has 0 radical (unpaired) electrons. The number of carbonyl (C=O) groups is 1. The molecular weight excluding hydrogens is 439 g/mol. The van der Waals surface area contributed by atoms with Crippen LogP contribution in [0.5, 0.6) is 0 Å². The Balaban J connectivity index is 1.38. The van der Waals surface area contributed by atoms with E-state index >= 15 is 0 Å². The van der Waals surface area contributed by atoms with E-state index in [-0.39, 0.29) is 23.8 Å². The Labute approximate surface area is 194 Å². The Morgan fingerprint density at radius 2 is 1.82 bits per heavy atom. The van der Waals surface area contributed by atoms with Crippen LogP contribution < -0.4 is 10.5 Å². The molecule has 6 nitrogen and oxygen atoms in total. The van der Waals surface area contributed by atoms with Crippen molar-refractivity contribution in [3.05, 3.63) is 93.1 Å². The molecule has 0 aliphatic carbocycles. The summed E-state index contributed by atoms with van der Waals surface area (Å²) in [7, 11) is 0. The number of halogens is 1. The molecule has 0 N–H and O–H groups in total. The van der Waals surface area contributed by atoms with E-state index in [0.717, 1.165) is 18.8 Å². The molecule has 8 heteroatoms. The number of hydrogen-bond donors (Lipinski definition) is 0. The highest BCUT2D eigenvalue weighted by Gasteiger charge is 2.26. The lowest BCUT2D eigenvalue weighted by Crippen LogP contribution is -2.48. The molecule has 33 heavy (non-hydrogen) atoms. The first-order valence-electron chi connectivity index (χ1n) is 10.8. The zero-order valence-corrected chi connectivity index (χ0v) is 19.0. The van der Waals surface area contributed by atoms with E-state index in [1.807, 2.05) is 30.0 Å². The number of fused-ring (bicyclic) bond motifs is 1. The third kappa shape index (κ3) is 4.14. The molecule has 1 fully saturated rings. The molecule has 2 aromatic carbocycles. The van der Waals surface area contributed by atoms with Gasteiger partial charge in [-0.2, -0.15) is 0 Å². The van der Waals surface area contributed by atoms with Crippen LogP contribution in [0.2, 0.25) is 0 Å². The van der Waals surface area contributed by atoms with Crippen LogP contribution in [-0.4, -0.2) is 46.5 Å². The van der Waals surface area contributed by atoms with Crippen molar-refractivity contribution in [1.29, 1.82) is 0 Å². The number of benzene rings is 2. The number of anilines is 1. The van der Waals surface area contributed by atoms with Gasteiger partial charge in [0.2, 0.25) is 0 Å². The summed E-state index contributed by atoms with van der Waals surface area (Å²) >= 11 is 1.27. The van der Waals surface area contributed by atoms with Crippen molar-refractivity contribution in [2.45, 2.75) is 13.5 Å². The van der Waals surface area contributed by atoms with Crippen LogP contribution in [0, 0.1) is 12.7 Å². The normalized spacial score (nSPS) is 14.1. The van der Waals surface area contributed by atoms with Crippen molar-refractivity contribution in [3.8, 4) is 0 Å². The molecule has 5 rings (SSSR count). The number of amides is 1. The molecule has 1 aliphatic rings. The van der Waals surface area contributed by atoms with Crippen LogP contribution in [-0.2, 0) is 6.54 Å². The first kappa shape index (κ1) is 21.3. The van der Waals surface area contributed by atoms with E-state index in [4.69, 9.17) is 0 Å². The van der Waals surface area contributed by atoms with Crippen molar-refractivity contribution >= 4 is 33.1 Å². The average Bonchev–Trinajstić information content (AvgIpc) is 3.18. The summed E-state index contributed by atoms with van der Waals surface area (Å²) in [4.78, 5) is 36.1. The molecule has 168 valence electrons. The summed E-state index contributed by atoms with van der Waals surface area (Å²) in [5, 5.41) is 0.463. The topological polar surface area (TPSA) is 58.4 Å². The Hall–Kier alpha value is -3.52. The van der Waals surface area contributed by atoms with Crippen molar-refractivity contribution in [2.75, 3.05) is 31.1 Å². The van der Waals surface area contributed by atoms with Crippen LogP contribution in [0.1, 0.15) is 20.8 Å². The lowest BCUT2D eigenvalue weighted by atomic mass is 10.1. The average molecular weight is 463 g/mol. The highest BCUT2D eigenvalue weighted by atomic mass is 32.1. The van der Waals surface area contributed by atoms with E-state index in [0.29, 0.717) is 39.3 Å². The van der Waals surface area contributed by atoms with E-state index < -0.39 is 0 Å². The molecule has 2 aromatic heterocycles. The van der Waals surface area contributed by atoms with E-state index in [2.05, 4.69) is 22.0 Å². The number of nitrogens with zero attached hydrogens (tertiary/aromatic N) is 4. The van der Waals surface area contributed by atoms with Crippen molar-refractivity contribution < 1.29 is 9.18 Å². The van der Waals surface area contributed by atoms with Gasteiger partial charge >= 0.3 is 0 Å². The standard InChI is InChI=1S/C25H23FN4O2S/c1-17-21-23(27-16-30(24(21)31)15-18-6-5-7-19(26)14-18)33-22(17)25(32)29-12-10-28(11-13-29)20-8-3-2-4-9-20/h2-9,14,16H,10-13,15H2,1H3. The van der Waals surface area contributed by atoms with Crippen LogP contribution >= 0.6 is 11.3 Å². The van der Waals surface area contributed by atoms with Gasteiger partial charge in [0.05, 0.1) is 23.1 Å². The molecule has 3 heterocycles. The Morgan fingerprint density at radius 3 is 2.55 bits per heavy atom. The van der Waals surface area contributed by atoms with Crippen LogP contribution in [0.25, 0.3) is 10.2 Å². The van der Waals surface area contributed by atoms with E-state index in [1.165, 1.54) is 34.4 Å². The predicted octanol–water partition coefficient (Wildman–Crippen LogP) is 3.92. The molecule has 0 bridgehead atoms. The summed E-state index contributed by atoms with van der Waals surface area (Å²) in [6.45, 7) is 4.80. The third-order valence-corrected chi connectivity index (χ3v) is 7.23. The van der Waals surface area contributed by atoms with Gasteiger partial charge in [0.1, 0.15) is 10.6 Å². The number of aromatic nitrogens is 2. The summed E-state index contributed by atoms with van der Waals surface area (Å²) in [5.74, 6) is -0.402. The maximum absolute atomic E-state index is 13.5. The minimum absolute atomic E-state index is 0.0562. The van der Waals surface area contributed by atoms with Crippen molar-refractivity contribution in [3.63, 3.8) is 0 Å². The smallest absolute Gasteiger partial charge is 0.264 e. The second-order valence-corrected chi connectivity index (χ2v) is 9.16. The summed E-state index contributed by atoms with van der Waals surface area (Å²) < 4.78 is 15.0. The molecule has 0 spiro atoms. The Morgan fingerprint density at radius 1 is 1.06 bits per heavy atom. The maximum Gasteiger partial charge on any atom is 0.264 e. The van der Waals surface area contributed by atoms with Gasteiger partial charge in [-0.3, -0.25) is 14.2 Å². The molecule has 4 aromatic rings. The van der Waals surface area contributed by atoms with Crippen LogP contribution in [0.15, 0.2) is 65.7 Å². The first-order chi connectivity index (χ1) is 16.0. The number of aryl methyl sites for hydroxylation is 1. The number of piperazine rings is 1. The SMILES string of the molecule is Cc1c(C(=O)N2CCN(c3ccccc3)CC2)sc2ncn(Cc3cccc(F)c3)c(=O)c12. The number of hydrogen-bond acceptors (Lipinski definition) is 5. The summed E-state index contributed by atoms with van der Waals surface area (Å²) in [6, 6.07) is 16.3. The zero-order chi connectivity index (χ0) is 22.9. The number of para-hydroxylation sites is 1. The summed E-state index contributed by atoms with van der Waals surface area (Å²) in [6.07, 6.45) is 1.47. The molecule has 1 amide bonds. The van der Waals surface area contributed by atoms with E-state index in [1.54, 1.807) is 12.1 Å². The van der Waals surface area contributed by atoms with E-state index in [9.17, 15) is 14.0 Å². The monoisotopic (exact) mass is 462 g/mol. The third-order valence-electron chi connectivity index (χ3n) is 6.04. The van der Waals surface area contributed by atoms with Gasteiger partial charge in [-0.15, -0.1) is 11.3 Å². The van der Waals surface area contributed by atoms with Gasteiger partial charge in [0, 0.05) is 31.9 Å². The number of carbonyl (C=O) groups excluding carboxylic acids is 1. The Kier molecular flexibility index (Phi) is 5.68. The van der Waals surface area contributed by atoms with Gasteiger partial charge in [-0.1, -0.05) is 30.3 Å². The number of thiophene rings is 1. The first-order valence-corrected chi connectivity index (χ1v) is 11.6. The predicted molar refractivity (Wildman–Crippen MR) is 129 cm³/mol. The maximum atomic E-state index is 13.5. The summed E-state index contributed by atoms with van der Waals surface area (Å²) in [5.41, 5.74) is 2.28. The second-order valence-electron chi connectivity index (χ2n) is 8.16. The second kappa shape index (κ2) is 8.78. The molecule has 0 atom stereocenters. The largest absolute Gasteiger partial charge is 0.368 e. The fourth-order valence-corrected chi connectivity index (χ4v) is 5.37. The van der Waals surface area contributed by atoms with Crippen molar-refractivity contribution in [2.24, 2.45) is 0 Å². The minimum atomic E-state index is -0.346. The molecule has 0 unspecified atom stereocenters. The van der Waals surface area contributed by atoms with Gasteiger partial charge in [-0.05, 0) is 42.3 Å². The lowest BCUT2D eigenvalue weighted by molar-refractivity contribution is 0.0751. The van der Waals surface area contributed by atoms with Crippen LogP contribution in [0.3, 0.4) is 0 Å². The molecule has 1 saturated heterocycles. The molecule has 0 saturated carbocycles. The zero-order valence-electron chi connectivity index (χ0n) is 18.2. The molecule has 1 aliphatic heterocycles. The Bertz CT molecular complexity index is 1370. The van der Waals surface area contributed by atoms with Gasteiger partial charge in [0.15, 0.2) is 0 Å². The van der Waals surface area contributed by atoms with Crippen LogP contribution in [0.4, 0.5) is 10.1 Å². The highest BCUT2D eigenvalue weighted by Crippen LogP contribution is 2.29. The molecular formula is C25H23FN4O2S. The highest BCUT2D eigenvalue weighted by molar-refractivity contribution is 7.20. The fraction of sp³-hybridized carbons (Fsp3) is 0.240. The minimum Gasteiger partial charge on any atom is -0.368 e. The van der Waals surface area contributed by atoms with Gasteiger partial charge in [-0.25, -0.2) is 9.37 Å². The van der Waals surface area contributed by atoms with Crippen molar-refractivity contribution in [1.82, 2.24) is 14.5 Å². The quantitative estimate of drug-likeness (QED) is 0.461. The lowest BCUT2D eigenvalue weighted by Gasteiger charge is -2.36. The van der Waals surface area contributed by atoms with Gasteiger partial charge < -0.3 is 9.80 Å².